The highest BCUT2D eigenvalue weighted by Crippen LogP contribution is 2.12. The van der Waals surface area contributed by atoms with Crippen LogP contribution in [0.1, 0.15) is 10.4 Å². The Labute approximate surface area is 111 Å². The minimum absolute atomic E-state index is 0.163. The van der Waals surface area contributed by atoms with Gasteiger partial charge in [-0.1, -0.05) is 6.07 Å². The van der Waals surface area contributed by atoms with Crippen molar-refractivity contribution in [1.82, 2.24) is 9.80 Å². The SMILES string of the molecule is CN1CCN(C(=O)Nc2cccc(C(=O)O)c2)CC1. The number of likely N-dealkylation sites (N-methyl/N-ethyl adjacent to an activating group) is 1. The summed E-state index contributed by atoms with van der Waals surface area (Å²) in [5.74, 6) is -1.00. The number of rotatable bonds is 2. The first-order valence-electron chi connectivity index (χ1n) is 6.14. The number of urea groups is 1. The lowest BCUT2D eigenvalue weighted by atomic mass is 10.2. The van der Waals surface area contributed by atoms with Gasteiger partial charge in [0.15, 0.2) is 0 Å². The second-order valence-electron chi connectivity index (χ2n) is 4.61. The zero-order valence-electron chi connectivity index (χ0n) is 10.8. The zero-order valence-corrected chi connectivity index (χ0v) is 10.8. The van der Waals surface area contributed by atoms with Gasteiger partial charge >= 0.3 is 12.0 Å². The Morgan fingerprint density at radius 3 is 2.53 bits per heavy atom. The van der Waals surface area contributed by atoms with Gasteiger partial charge in [-0.05, 0) is 25.2 Å². The second kappa shape index (κ2) is 5.71. The van der Waals surface area contributed by atoms with Gasteiger partial charge < -0.3 is 20.2 Å². The van der Waals surface area contributed by atoms with Crippen LogP contribution in [0.3, 0.4) is 0 Å². The van der Waals surface area contributed by atoms with Gasteiger partial charge in [0.25, 0.3) is 0 Å². The zero-order chi connectivity index (χ0) is 13.8. The molecule has 1 saturated heterocycles. The normalized spacial score (nSPS) is 16.2. The Kier molecular flexibility index (Phi) is 4.01. The van der Waals surface area contributed by atoms with E-state index >= 15 is 0 Å². The van der Waals surface area contributed by atoms with E-state index in [4.69, 9.17) is 5.11 Å². The lowest BCUT2D eigenvalue weighted by Crippen LogP contribution is -2.48. The van der Waals surface area contributed by atoms with Crippen molar-refractivity contribution >= 4 is 17.7 Å². The summed E-state index contributed by atoms with van der Waals surface area (Å²) in [4.78, 5) is 26.7. The molecule has 1 aliphatic heterocycles. The maximum Gasteiger partial charge on any atom is 0.335 e. The van der Waals surface area contributed by atoms with Crippen molar-refractivity contribution in [2.75, 3.05) is 38.5 Å². The smallest absolute Gasteiger partial charge is 0.335 e. The molecule has 1 heterocycles. The fourth-order valence-electron chi connectivity index (χ4n) is 1.94. The first kappa shape index (κ1) is 13.4. The number of nitrogens with one attached hydrogen (secondary N) is 1. The first-order chi connectivity index (χ1) is 9.06. The number of hydrogen-bond donors (Lipinski definition) is 2. The Morgan fingerprint density at radius 1 is 1.21 bits per heavy atom. The van der Waals surface area contributed by atoms with Gasteiger partial charge in [-0.2, -0.15) is 0 Å². The summed E-state index contributed by atoms with van der Waals surface area (Å²) in [6.07, 6.45) is 0. The number of hydrogen-bond acceptors (Lipinski definition) is 3. The van der Waals surface area contributed by atoms with Crippen LogP contribution in [0.25, 0.3) is 0 Å². The lowest BCUT2D eigenvalue weighted by molar-refractivity contribution is 0.0697. The van der Waals surface area contributed by atoms with Gasteiger partial charge in [-0.15, -0.1) is 0 Å². The Morgan fingerprint density at radius 2 is 1.89 bits per heavy atom. The molecule has 0 saturated carbocycles. The van der Waals surface area contributed by atoms with E-state index in [1.165, 1.54) is 12.1 Å². The molecular formula is C13H17N3O3. The molecule has 19 heavy (non-hydrogen) atoms. The van der Waals surface area contributed by atoms with Crippen LogP contribution in [-0.4, -0.2) is 60.1 Å². The van der Waals surface area contributed by atoms with Crippen LogP contribution < -0.4 is 5.32 Å². The fraction of sp³-hybridized carbons (Fsp3) is 0.385. The van der Waals surface area contributed by atoms with E-state index in [2.05, 4.69) is 10.2 Å². The number of benzene rings is 1. The molecule has 1 aromatic rings. The largest absolute Gasteiger partial charge is 0.478 e. The van der Waals surface area contributed by atoms with E-state index in [0.717, 1.165) is 13.1 Å². The third-order valence-corrected chi connectivity index (χ3v) is 3.15. The van der Waals surface area contributed by atoms with Crippen molar-refractivity contribution < 1.29 is 14.7 Å². The van der Waals surface area contributed by atoms with E-state index in [0.29, 0.717) is 18.8 Å². The molecule has 0 atom stereocenters. The molecule has 1 aliphatic rings. The third kappa shape index (κ3) is 3.45. The van der Waals surface area contributed by atoms with Crippen molar-refractivity contribution in [3.63, 3.8) is 0 Å². The van der Waals surface area contributed by atoms with Gasteiger partial charge in [-0.25, -0.2) is 9.59 Å². The van der Waals surface area contributed by atoms with E-state index < -0.39 is 5.97 Å². The number of aromatic carboxylic acids is 1. The summed E-state index contributed by atoms with van der Waals surface area (Å²) in [5.41, 5.74) is 0.667. The predicted molar refractivity (Wildman–Crippen MR) is 71.5 cm³/mol. The van der Waals surface area contributed by atoms with E-state index in [1.54, 1.807) is 17.0 Å². The number of carboxylic acid groups (broad SMARTS) is 1. The number of carbonyl (C=O) groups excluding carboxylic acids is 1. The summed E-state index contributed by atoms with van der Waals surface area (Å²) < 4.78 is 0. The molecule has 6 heteroatoms. The van der Waals surface area contributed by atoms with Crippen LogP contribution in [0.5, 0.6) is 0 Å². The topological polar surface area (TPSA) is 72.9 Å². The molecule has 2 rings (SSSR count). The molecule has 1 aromatic carbocycles. The number of nitrogens with zero attached hydrogens (tertiary/aromatic N) is 2. The molecule has 102 valence electrons. The van der Waals surface area contributed by atoms with Crippen molar-refractivity contribution in [1.29, 1.82) is 0 Å². The highest BCUT2D eigenvalue weighted by molar-refractivity contribution is 5.93. The van der Waals surface area contributed by atoms with Gasteiger partial charge in [0.2, 0.25) is 0 Å². The molecule has 2 amide bonds. The molecule has 6 nitrogen and oxygen atoms in total. The van der Waals surface area contributed by atoms with Crippen LogP contribution in [0.2, 0.25) is 0 Å². The maximum atomic E-state index is 12.0. The fourth-order valence-corrected chi connectivity index (χ4v) is 1.94. The molecule has 0 aromatic heterocycles. The summed E-state index contributed by atoms with van der Waals surface area (Å²) in [7, 11) is 2.02. The minimum atomic E-state index is -1.00. The lowest BCUT2D eigenvalue weighted by Gasteiger charge is -2.32. The predicted octanol–water partition coefficient (Wildman–Crippen LogP) is 1.16. The van der Waals surface area contributed by atoms with Gasteiger partial charge in [0.1, 0.15) is 0 Å². The second-order valence-corrected chi connectivity index (χ2v) is 4.61. The molecule has 0 aliphatic carbocycles. The van der Waals surface area contributed by atoms with Crippen LogP contribution in [0.4, 0.5) is 10.5 Å². The average molecular weight is 263 g/mol. The summed E-state index contributed by atoms with van der Waals surface area (Å²) in [5, 5.41) is 11.6. The van der Waals surface area contributed by atoms with Gasteiger partial charge in [-0.3, -0.25) is 0 Å². The summed E-state index contributed by atoms with van der Waals surface area (Å²) in [6, 6.07) is 6.06. The molecule has 2 N–H and O–H groups in total. The average Bonchev–Trinajstić information content (AvgIpc) is 2.39. The maximum absolute atomic E-state index is 12.0. The van der Waals surface area contributed by atoms with E-state index in [-0.39, 0.29) is 11.6 Å². The number of carboxylic acids is 1. The number of amides is 2. The standard InChI is InChI=1S/C13H17N3O3/c1-15-5-7-16(8-6-15)13(19)14-11-4-2-3-10(9-11)12(17)18/h2-4,9H,5-8H2,1H3,(H,14,19)(H,17,18). The number of anilines is 1. The van der Waals surface area contributed by atoms with Crippen LogP contribution >= 0.6 is 0 Å². The first-order valence-corrected chi connectivity index (χ1v) is 6.14. The van der Waals surface area contributed by atoms with Crippen LogP contribution in [0.15, 0.2) is 24.3 Å². The quantitative estimate of drug-likeness (QED) is 0.840. The highest BCUT2D eigenvalue weighted by Gasteiger charge is 2.19. The Hall–Kier alpha value is -2.08. The molecular weight excluding hydrogens is 246 g/mol. The van der Waals surface area contributed by atoms with Crippen molar-refractivity contribution in [3.8, 4) is 0 Å². The molecule has 0 bridgehead atoms. The highest BCUT2D eigenvalue weighted by atomic mass is 16.4. The van der Waals surface area contributed by atoms with Crippen molar-refractivity contribution in [2.24, 2.45) is 0 Å². The Balaban J connectivity index is 1.98. The van der Waals surface area contributed by atoms with Gasteiger partial charge in [0, 0.05) is 31.9 Å². The van der Waals surface area contributed by atoms with Crippen LogP contribution in [-0.2, 0) is 0 Å². The van der Waals surface area contributed by atoms with E-state index in [9.17, 15) is 9.59 Å². The molecule has 1 fully saturated rings. The molecule has 0 spiro atoms. The van der Waals surface area contributed by atoms with Crippen molar-refractivity contribution in [2.45, 2.75) is 0 Å². The Bertz CT molecular complexity index is 482. The molecule has 0 radical (unpaired) electrons. The third-order valence-electron chi connectivity index (χ3n) is 3.15. The van der Waals surface area contributed by atoms with Gasteiger partial charge in [0.05, 0.1) is 5.56 Å². The summed E-state index contributed by atoms with van der Waals surface area (Å²) in [6.45, 7) is 3.06. The van der Waals surface area contributed by atoms with Crippen molar-refractivity contribution in [3.05, 3.63) is 29.8 Å². The minimum Gasteiger partial charge on any atom is -0.478 e. The van der Waals surface area contributed by atoms with E-state index in [1.807, 2.05) is 7.05 Å². The van der Waals surface area contributed by atoms with Crippen LogP contribution in [0, 0.1) is 0 Å². The molecule has 0 unspecified atom stereocenters. The number of piperazine rings is 1. The number of carbonyl (C=O) groups is 2. The summed E-state index contributed by atoms with van der Waals surface area (Å²) >= 11 is 0. The monoisotopic (exact) mass is 263 g/mol.